The first kappa shape index (κ1) is 14.8. The average Bonchev–Trinajstić information content (AvgIpc) is 2.24. The van der Waals surface area contributed by atoms with Crippen LogP contribution >= 0.6 is 23.4 Å². The lowest BCUT2D eigenvalue weighted by Gasteiger charge is -2.21. The molecule has 1 aromatic carbocycles. The number of hydrogen-bond donors (Lipinski definition) is 2. The number of hydrogen-bond acceptors (Lipinski definition) is 3. The van der Waals surface area contributed by atoms with E-state index in [2.05, 4.69) is 32.2 Å². The number of aliphatic hydroxyl groups excluding tert-OH is 1. The first-order valence-electron chi connectivity index (χ1n) is 5.70. The molecule has 0 aliphatic carbocycles. The van der Waals surface area contributed by atoms with E-state index in [0.29, 0.717) is 5.75 Å². The van der Waals surface area contributed by atoms with E-state index >= 15 is 0 Å². The van der Waals surface area contributed by atoms with Gasteiger partial charge in [-0.3, -0.25) is 0 Å². The number of nitrogens with one attached hydrogen (secondary N) is 1. The van der Waals surface area contributed by atoms with Crippen molar-refractivity contribution in [1.29, 1.82) is 0 Å². The molecule has 0 aliphatic rings. The van der Waals surface area contributed by atoms with Gasteiger partial charge in [-0.15, -0.1) is 11.8 Å². The lowest BCUT2D eigenvalue weighted by molar-refractivity contribution is 0.322. The summed E-state index contributed by atoms with van der Waals surface area (Å²) in [5.41, 5.74) is 1.27. The molecule has 0 saturated heterocycles. The van der Waals surface area contributed by atoms with Crippen molar-refractivity contribution < 1.29 is 5.11 Å². The second kappa shape index (κ2) is 6.64. The van der Waals surface area contributed by atoms with E-state index in [1.54, 1.807) is 11.8 Å². The highest BCUT2D eigenvalue weighted by Gasteiger charge is 2.12. The SMILES string of the molecule is CC(C)(C)NCc1cccc(Cl)c1SCCO. The third-order valence-corrected chi connectivity index (χ3v) is 3.78. The van der Waals surface area contributed by atoms with Gasteiger partial charge < -0.3 is 10.4 Å². The van der Waals surface area contributed by atoms with Gasteiger partial charge in [-0.25, -0.2) is 0 Å². The molecule has 0 heterocycles. The molecule has 0 fully saturated rings. The van der Waals surface area contributed by atoms with Crippen molar-refractivity contribution in [2.75, 3.05) is 12.4 Å². The van der Waals surface area contributed by atoms with E-state index in [-0.39, 0.29) is 12.1 Å². The summed E-state index contributed by atoms with van der Waals surface area (Å²) in [6.07, 6.45) is 0. The molecular formula is C13H20ClNOS. The first-order valence-corrected chi connectivity index (χ1v) is 7.06. The van der Waals surface area contributed by atoms with Crippen LogP contribution in [0.5, 0.6) is 0 Å². The zero-order valence-electron chi connectivity index (χ0n) is 10.6. The summed E-state index contributed by atoms with van der Waals surface area (Å²) in [7, 11) is 0. The second-order valence-electron chi connectivity index (χ2n) is 4.90. The van der Waals surface area contributed by atoms with Crippen LogP contribution in [0.1, 0.15) is 26.3 Å². The van der Waals surface area contributed by atoms with Crippen molar-refractivity contribution in [2.45, 2.75) is 37.8 Å². The van der Waals surface area contributed by atoms with Crippen LogP contribution in [0.25, 0.3) is 0 Å². The van der Waals surface area contributed by atoms with Gasteiger partial charge in [-0.1, -0.05) is 23.7 Å². The van der Waals surface area contributed by atoms with Crippen molar-refractivity contribution in [1.82, 2.24) is 5.32 Å². The molecule has 17 heavy (non-hydrogen) atoms. The van der Waals surface area contributed by atoms with Crippen LogP contribution in [0.3, 0.4) is 0 Å². The lowest BCUT2D eigenvalue weighted by Crippen LogP contribution is -2.35. The van der Waals surface area contributed by atoms with Gasteiger partial charge in [0.25, 0.3) is 0 Å². The zero-order valence-corrected chi connectivity index (χ0v) is 12.2. The zero-order chi connectivity index (χ0) is 12.9. The third kappa shape index (κ3) is 5.30. The van der Waals surface area contributed by atoms with Crippen molar-refractivity contribution >= 4 is 23.4 Å². The molecule has 1 rings (SSSR count). The van der Waals surface area contributed by atoms with Crippen LogP contribution in [-0.2, 0) is 6.54 Å². The van der Waals surface area contributed by atoms with Crippen molar-refractivity contribution in [3.63, 3.8) is 0 Å². The van der Waals surface area contributed by atoms with Gasteiger partial charge in [0.2, 0.25) is 0 Å². The molecule has 0 atom stereocenters. The molecule has 0 unspecified atom stereocenters. The van der Waals surface area contributed by atoms with Crippen LogP contribution in [0.15, 0.2) is 23.1 Å². The number of aliphatic hydroxyl groups is 1. The predicted molar refractivity (Wildman–Crippen MR) is 75.9 cm³/mol. The van der Waals surface area contributed by atoms with Crippen LogP contribution in [-0.4, -0.2) is 23.0 Å². The van der Waals surface area contributed by atoms with Gasteiger partial charge in [0.15, 0.2) is 0 Å². The lowest BCUT2D eigenvalue weighted by atomic mass is 10.1. The minimum Gasteiger partial charge on any atom is -0.396 e. The highest BCUT2D eigenvalue weighted by Crippen LogP contribution is 2.30. The maximum Gasteiger partial charge on any atom is 0.0545 e. The Morgan fingerprint density at radius 2 is 2.06 bits per heavy atom. The van der Waals surface area contributed by atoms with Gasteiger partial charge >= 0.3 is 0 Å². The maximum atomic E-state index is 8.89. The molecule has 96 valence electrons. The Balaban J connectivity index is 2.79. The summed E-state index contributed by atoms with van der Waals surface area (Å²) < 4.78 is 0. The van der Waals surface area contributed by atoms with Gasteiger partial charge in [0.1, 0.15) is 0 Å². The van der Waals surface area contributed by atoms with Crippen molar-refractivity contribution in [2.24, 2.45) is 0 Å². The minimum atomic E-state index is 0.0846. The van der Waals surface area contributed by atoms with Crippen LogP contribution in [0.2, 0.25) is 5.02 Å². The topological polar surface area (TPSA) is 32.3 Å². The predicted octanol–water partition coefficient (Wildman–Crippen LogP) is 3.31. The summed E-state index contributed by atoms with van der Waals surface area (Å²) in [6, 6.07) is 5.93. The Morgan fingerprint density at radius 1 is 1.35 bits per heavy atom. The maximum absolute atomic E-state index is 8.89. The molecule has 0 aliphatic heterocycles. The van der Waals surface area contributed by atoms with E-state index < -0.39 is 0 Å². The highest BCUT2D eigenvalue weighted by atomic mass is 35.5. The smallest absolute Gasteiger partial charge is 0.0545 e. The average molecular weight is 274 g/mol. The molecular weight excluding hydrogens is 254 g/mol. The van der Waals surface area contributed by atoms with Crippen LogP contribution in [0, 0.1) is 0 Å². The molecule has 0 bridgehead atoms. The van der Waals surface area contributed by atoms with Crippen LogP contribution in [0.4, 0.5) is 0 Å². The minimum absolute atomic E-state index is 0.0846. The molecule has 0 aromatic heterocycles. The van der Waals surface area contributed by atoms with Gasteiger partial charge in [0, 0.05) is 22.7 Å². The molecule has 0 saturated carbocycles. The Morgan fingerprint density at radius 3 is 2.65 bits per heavy atom. The molecule has 0 spiro atoms. The molecule has 0 radical (unpaired) electrons. The van der Waals surface area contributed by atoms with E-state index in [4.69, 9.17) is 16.7 Å². The highest BCUT2D eigenvalue weighted by molar-refractivity contribution is 7.99. The summed E-state index contributed by atoms with van der Waals surface area (Å²) in [4.78, 5) is 1.07. The van der Waals surface area contributed by atoms with Crippen molar-refractivity contribution in [3.8, 4) is 0 Å². The monoisotopic (exact) mass is 273 g/mol. The fraction of sp³-hybridized carbons (Fsp3) is 0.538. The van der Waals surface area contributed by atoms with E-state index in [1.165, 1.54) is 5.56 Å². The van der Waals surface area contributed by atoms with Crippen LogP contribution < -0.4 is 5.32 Å². The summed E-state index contributed by atoms with van der Waals surface area (Å²) >= 11 is 7.79. The molecule has 4 heteroatoms. The van der Waals surface area contributed by atoms with Gasteiger partial charge in [-0.05, 0) is 32.4 Å². The largest absolute Gasteiger partial charge is 0.396 e. The fourth-order valence-electron chi connectivity index (χ4n) is 1.36. The standard InChI is InChI=1S/C13H20ClNOS/c1-13(2,3)15-9-10-5-4-6-11(14)12(10)17-8-7-16/h4-6,15-16H,7-9H2,1-3H3. The number of thioether (sulfide) groups is 1. The van der Waals surface area contributed by atoms with E-state index in [1.807, 2.05) is 12.1 Å². The summed E-state index contributed by atoms with van der Waals surface area (Å²) in [6.45, 7) is 7.37. The Labute approximate surface area is 113 Å². The van der Waals surface area contributed by atoms with Gasteiger partial charge in [0.05, 0.1) is 11.6 Å². The normalized spacial score (nSPS) is 11.8. The van der Waals surface area contributed by atoms with Crippen molar-refractivity contribution in [3.05, 3.63) is 28.8 Å². The number of halogens is 1. The van der Waals surface area contributed by atoms with E-state index in [9.17, 15) is 0 Å². The molecule has 0 amide bonds. The first-order chi connectivity index (χ1) is 7.94. The van der Waals surface area contributed by atoms with Gasteiger partial charge in [-0.2, -0.15) is 0 Å². The van der Waals surface area contributed by atoms with E-state index in [0.717, 1.165) is 16.5 Å². The fourth-order valence-corrected chi connectivity index (χ4v) is 2.55. The molecule has 2 nitrogen and oxygen atoms in total. The Bertz CT molecular complexity index is 363. The number of benzene rings is 1. The number of rotatable bonds is 5. The summed E-state index contributed by atoms with van der Waals surface area (Å²) in [5, 5.41) is 13.1. The molecule has 1 aromatic rings. The Kier molecular flexibility index (Phi) is 5.80. The quantitative estimate of drug-likeness (QED) is 0.808. The Hall–Kier alpha value is -0.220. The second-order valence-corrected chi connectivity index (χ2v) is 6.42. The summed E-state index contributed by atoms with van der Waals surface area (Å²) in [5.74, 6) is 0.673. The molecule has 2 N–H and O–H groups in total. The third-order valence-electron chi connectivity index (χ3n) is 2.20.